The molecule has 0 spiro atoms. The topological polar surface area (TPSA) is 95.4 Å². The van der Waals surface area contributed by atoms with Crippen molar-refractivity contribution in [3.63, 3.8) is 0 Å². The SMILES string of the molecule is Cn1c(O)cn(Cc2ccc(-c3ccc(NCC4CC4)c(N=N)c3)c(F)c2)c1=O. The summed E-state index contributed by atoms with van der Waals surface area (Å²) < 4.78 is 17.2. The van der Waals surface area contributed by atoms with E-state index in [1.165, 1.54) is 36.7 Å². The maximum atomic E-state index is 14.8. The van der Waals surface area contributed by atoms with Crippen molar-refractivity contribution in [1.29, 1.82) is 5.53 Å². The minimum absolute atomic E-state index is 0.144. The van der Waals surface area contributed by atoms with Gasteiger partial charge < -0.3 is 10.4 Å². The molecule has 7 nitrogen and oxygen atoms in total. The number of aromatic hydroxyl groups is 1. The van der Waals surface area contributed by atoms with E-state index in [4.69, 9.17) is 5.53 Å². The lowest BCUT2D eigenvalue weighted by Gasteiger charge is -2.11. The van der Waals surface area contributed by atoms with Crippen molar-refractivity contribution < 1.29 is 9.50 Å². The molecule has 3 N–H and O–H groups in total. The molecule has 1 fully saturated rings. The summed E-state index contributed by atoms with van der Waals surface area (Å²) in [6.07, 6.45) is 3.78. The molecule has 150 valence electrons. The summed E-state index contributed by atoms with van der Waals surface area (Å²) in [5.74, 6) is 0.122. The summed E-state index contributed by atoms with van der Waals surface area (Å²) in [7, 11) is 1.47. The largest absolute Gasteiger partial charge is 0.493 e. The molecule has 1 heterocycles. The Morgan fingerprint density at radius 2 is 2.07 bits per heavy atom. The van der Waals surface area contributed by atoms with Gasteiger partial charge in [0.15, 0.2) is 0 Å². The van der Waals surface area contributed by atoms with Gasteiger partial charge in [0.1, 0.15) is 11.5 Å². The summed E-state index contributed by atoms with van der Waals surface area (Å²) >= 11 is 0. The second-order valence-corrected chi connectivity index (χ2v) is 7.44. The number of hydrogen-bond donors (Lipinski definition) is 3. The third-order valence-electron chi connectivity index (χ3n) is 5.24. The highest BCUT2D eigenvalue weighted by molar-refractivity contribution is 5.75. The highest BCUT2D eigenvalue weighted by atomic mass is 19.1. The van der Waals surface area contributed by atoms with Gasteiger partial charge in [-0.2, -0.15) is 5.11 Å². The molecule has 2 aromatic carbocycles. The molecule has 0 radical (unpaired) electrons. The van der Waals surface area contributed by atoms with Crippen LogP contribution in [0.1, 0.15) is 18.4 Å². The van der Waals surface area contributed by atoms with E-state index in [2.05, 4.69) is 10.4 Å². The number of aromatic nitrogens is 2. The molecule has 1 aliphatic rings. The average Bonchev–Trinajstić information content (AvgIpc) is 3.51. The Morgan fingerprint density at radius 1 is 1.28 bits per heavy atom. The maximum absolute atomic E-state index is 14.8. The van der Waals surface area contributed by atoms with E-state index in [-0.39, 0.29) is 18.1 Å². The molecule has 29 heavy (non-hydrogen) atoms. The zero-order valence-corrected chi connectivity index (χ0v) is 16.0. The molecule has 0 atom stereocenters. The molecule has 8 heteroatoms. The Balaban J connectivity index is 1.57. The number of nitrogens with one attached hydrogen (secondary N) is 2. The second-order valence-electron chi connectivity index (χ2n) is 7.44. The highest BCUT2D eigenvalue weighted by Gasteiger charge is 2.21. The van der Waals surface area contributed by atoms with Crippen molar-refractivity contribution in [3.8, 4) is 17.0 Å². The summed E-state index contributed by atoms with van der Waals surface area (Å²) in [6, 6.07) is 10.1. The van der Waals surface area contributed by atoms with Crippen molar-refractivity contribution in [3.05, 3.63) is 64.5 Å². The smallest absolute Gasteiger partial charge is 0.331 e. The van der Waals surface area contributed by atoms with Crippen molar-refractivity contribution in [2.24, 2.45) is 18.1 Å². The number of imidazole rings is 1. The first-order chi connectivity index (χ1) is 14.0. The van der Waals surface area contributed by atoms with E-state index < -0.39 is 5.82 Å². The Bertz CT molecular complexity index is 1130. The van der Waals surface area contributed by atoms with Gasteiger partial charge >= 0.3 is 5.69 Å². The fraction of sp³-hybridized carbons (Fsp3) is 0.286. The highest BCUT2D eigenvalue weighted by Crippen LogP contribution is 2.34. The van der Waals surface area contributed by atoms with Crippen molar-refractivity contribution in [2.75, 3.05) is 11.9 Å². The van der Waals surface area contributed by atoms with Crippen LogP contribution in [0.2, 0.25) is 0 Å². The molecular formula is C21H22FN5O2. The third kappa shape index (κ3) is 3.91. The number of halogens is 1. The van der Waals surface area contributed by atoms with E-state index in [9.17, 15) is 14.3 Å². The standard InChI is InChI=1S/C21H22FN5O2/c1-26-20(28)12-27(21(26)29)11-14-4-6-16(17(22)8-14)15-5-7-18(19(9-15)25-23)24-10-13-2-3-13/h4-9,12-13,23-24,28H,2-3,10-11H2,1H3. The van der Waals surface area contributed by atoms with Crippen LogP contribution in [-0.4, -0.2) is 20.8 Å². The molecule has 4 rings (SSSR count). The van der Waals surface area contributed by atoms with Crippen molar-refractivity contribution >= 4 is 11.4 Å². The normalized spacial score (nSPS) is 13.4. The summed E-state index contributed by atoms with van der Waals surface area (Å²) in [4.78, 5) is 12.0. The van der Waals surface area contributed by atoms with Crippen LogP contribution >= 0.6 is 0 Å². The van der Waals surface area contributed by atoms with Crippen LogP contribution in [-0.2, 0) is 13.6 Å². The summed E-state index contributed by atoms with van der Waals surface area (Å²) in [5, 5.41) is 16.5. The van der Waals surface area contributed by atoms with Gasteiger partial charge in [-0.15, -0.1) is 0 Å². The van der Waals surface area contributed by atoms with Gasteiger partial charge in [0.05, 0.1) is 18.4 Å². The minimum atomic E-state index is -0.426. The Kier molecular flexibility index (Phi) is 4.92. The Labute approximate surface area is 166 Å². The molecule has 3 aromatic rings. The van der Waals surface area contributed by atoms with Crippen LogP contribution in [0.25, 0.3) is 11.1 Å². The van der Waals surface area contributed by atoms with Gasteiger partial charge in [-0.1, -0.05) is 18.2 Å². The predicted molar refractivity (Wildman–Crippen MR) is 108 cm³/mol. The first-order valence-electron chi connectivity index (χ1n) is 9.45. The fourth-order valence-electron chi connectivity index (χ4n) is 3.29. The minimum Gasteiger partial charge on any atom is -0.493 e. The molecule has 0 bridgehead atoms. The van der Waals surface area contributed by atoms with Crippen LogP contribution in [0, 0.1) is 17.3 Å². The Morgan fingerprint density at radius 3 is 2.69 bits per heavy atom. The number of anilines is 1. The Hall–Kier alpha value is -3.42. The van der Waals surface area contributed by atoms with E-state index in [0.717, 1.165) is 16.8 Å². The van der Waals surface area contributed by atoms with Gasteiger partial charge in [0.2, 0.25) is 5.88 Å². The van der Waals surface area contributed by atoms with Crippen LogP contribution in [0.5, 0.6) is 5.88 Å². The fourth-order valence-corrected chi connectivity index (χ4v) is 3.29. The van der Waals surface area contributed by atoms with Gasteiger partial charge in [0, 0.05) is 19.2 Å². The molecule has 0 amide bonds. The first kappa shape index (κ1) is 18.9. The molecular weight excluding hydrogens is 373 g/mol. The lowest BCUT2D eigenvalue weighted by Crippen LogP contribution is -2.22. The van der Waals surface area contributed by atoms with Gasteiger partial charge in [-0.05, 0) is 48.1 Å². The number of nitrogens with zero attached hydrogens (tertiary/aromatic N) is 3. The van der Waals surface area contributed by atoms with E-state index in [1.54, 1.807) is 18.2 Å². The zero-order valence-electron chi connectivity index (χ0n) is 16.0. The van der Waals surface area contributed by atoms with Gasteiger partial charge in [-0.3, -0.25) is 9.13 Å². The third-order valence-corrected chi connectivity index (χ3v) is 5.24. The number of rotatable bonds is 7. The van der Waals surface area contributed by atoms with Crippen LogP contribution in [0.15, 0.2) is 52.5 Å². The van der Waals surface area contributed by atoms with E-state index >= 15 is 0 Å². The molecule has 0 aliphatic heterocycles. The van der Waals surface area contributed by atoms with Crippen molar-refractivity contribution in [2.45, 2.75) is 19.4 Å². The van der Waals surface area contributed by atoms with E-state index in [1.807, 2.05) is 12.1 Å². The maximum Gasteiger partial charge on any atom is 0.331 e. The number of hydrogen-bond acceptors (Lipinski definition) is 5. The van der Waals surface area contributed by atoms with Crippen LogP contribution in [0.3, 0.4) is 0 Å². The average molecular weight is 395 g/mol. The summed E-state index contributed by atoms with van der Waals surface area (Å²) in [5.41, 5.74) is 9.94. The quantitative estimate of drug-likeness (QED) is 0.522. The van der Waals surface area contributed by atoms with Gasteiger partial charge in [0.25, 0.3) is 0 Å². The zero-order chi connectivity index (χ0) is 20.5. The van der Waals surface area contributed by atoms with Crippen molar-refractivity contribution in [1.82, 2.24) is 9.13 Å². The van der Waals surface area contributed by atoms with Crippen LogP contribution < -0.4 is 11.0 Å². The molecule has 0 saturated heterocycles. The molecule has 0 unspecified atom stereocenters. The predicted octanol–water partition coefficient (Wildman–Crippen LogP) is 4.23. The molecule has 1 saturated carbocycles. The number of benzene rings is 2. The van der Waals surface area contributed by atoms with Gasteiger partial charge in [-0.25, -0.2) is 14.7 Å². The second kappa shape index (κ2) is 7.54. The van der Waals surface area contributed by atoms with E-state index in [0.29, 0.717) is 28.3 Å². The summed E-state index contributed by atoms with van der Waals surface area (Å²) in [6.45, 7) is 1.01. The molecule has 1 aromatic heterocycles. The lowest BCUT2D eigenvalue weighted by atomic mass is 10.0. The monoisotopic (exact) mass is 395 g/mol. The van der Waals surface area contributed by atoms with Crippen LogP contribution in [0.4, 0.5) is 15.8 Å². The first-order valence-corrected chi connectivity index (χ1v) is 9.45. The lowest BCUT2D eigenvalue weighted by molar-refractivity contribution is 0.429. The molecule has 1 aliphatic carbocycles.